The van der Waals surface area contributed by atoms with Gasteiger partial charge in [-0.3, -0.25) is 4.79 Å². The third-order valence-corrected chi connectivity index (χ3v) is 6.58. The summed E-state index contributed by atoms with van der Waals surface area (Å²) in [5, 5.41) is 17.7. The van der Waals surface area contributed by atoms with Crippen LogP contribution in [-0.4, -0.2) is 39.6 Å². The second-order valence-electron chi connectivity index (χ2n) is 9.72. The minimum absolute atomic E-state index is 0.149. The Morgan fingerprint density at radius 3 is 2.44 bits per heavy atom. The van der Waals surface area contributed by atoms with Crippen molar-refractivity contribution in [1.82, 2.24) is 20.6 Å². The Labute approximate surface area is 209 Å². The second kappa shape index (κ2) is 10.3. The molecule has 1 saturated heterocycles. The summed E-state index contributed by atoms with van der Waals surface area (Å²) in [6, 6.07) is 20.1. The van der Waals surface area contributed by atoms with Crippen LogP contribution in [-0.2, 0) is 11.2 Å². The van der Waals surface area contributed by atoms with Gasteiger partial charge in [-0.25, -0.2) is 4.39 Å². The van der Waals surface area contributed by atoms with Crippen molar-refractivity contribution < 1.29 is 9.18 Å². The predicted octanol–water partition coefficient (Wildman–Crippen LogP) is 5.34. The number of rotatable bonds is 6. The maximum atomic E-state index is 13.3. The van der Waals surface area contributed by atoms with E-state index in [2.05, 4.69) is 56.8 Å². The van der Waals surface area contributed by atoms with Gasteiger partial charge in [0.15, 0.2) is 0 Å². The van der Waals surface area contributed by atoms with Crippen LogP contribution in [0.5, 0.6) is 0 Å². The number of carbonyl (C=O) groups is 1. The molecule has 1 amide bonds. The van der Waals surface area contributed by atoms with E-state index in [-0.39, 0.29) is 18.1 Å². The molecule has 1 aliphatic rings. The molecular weight excluding hydrogens is 455 g/mol. The summed E-state index contributed by atoms with van der Waals surface area (Å²) >= 11 is 0. The van der Waals surface area contributed by atoms with E-state index in [0.29, 0.717) is 17.7 Å². The van der Waals surface area contributed by atoms with Crippen LogP contribution in [0.15, 0.2) is 66.7 Å². The van der Waals surface area contributed by atoms with E-state index in [1.165, 1.54) is 18.6 Å². The van der Waals surface area contributed by atoms with Crippen molar-refractivity contribution in [2.75, 3.05) is 23.3 Å². The average molecular weight is 485 g/mol. The number of hydrogen-bond acceptors (Lipinski definition) is 5. The zero-order valence-corrected chi connectivity index (χ0v) is 20.4. The first-order valence-electron chi connectivity index (χ1n) is 12.2. The summed E-state index contributed by atoms with van der Waals surface area (Å²) in [5.41, 5.74) is 5.25. The first kappa shape index (κ1) is 23.7. The number of H-pyrrole nitrogens is 1. The quantitative estimate of drug-likeness (QED) is 0.386. The largest absolute Gasteiger partial charge is 0.369 e. The van der Waals surface area contributed by atoms with Gasteiger partial charge in [-0.05, 0) is 64.4 Å². The SMILES string of the molecule is CC1CC(C)CN(c2ccc(-c3ccccc3-c3nn[nH]n3)cc2NC(=O)Cc2ccc(F)cc2)C1. The van der Waals surface area contributed by atoms with E-state index in [9.17, 15) is 9.18 Å². The molecule has 0 saturated carbocycles. The Morgan fingerprint density at radius 2 is 1.75 bits per heavy atom. The van der Waals surface area contributed by atoms with E-state index < -0.39 is 0 Å². The van der Waals surface area contributed by atoms with Crippen molar-refractivity contribution in [2.45, 2.75) is 26.7 Å². The van der Waals surface area contributed by atoms with Crippen LogP contribution in [0.4, 0.5) is 15.8 Å². The van der Waals surface area contributed by atoms with Crippen molar-refractivity contribution >= 4 is 17.3 Å². The molecular formula is C28H29FN6O. The summed E-state index contributed by atoms with van der Waals surface area (Å²) in [5.74, 6) is 1.17. The van der Waals surface area contributed by atoms with Crippen LogP contribution in [0.3, 0.4) is 0 Å². The standard InChI is InChI=1S/C28H29FN6O/c1-18-13-19(2)17-35(16-18)26-12-9-21(23-5-3-4-6-24(23)28-31-33-34-32-28)15-25(26)30-27(36)14-20-7-10-22(29)11-8-20/h3-12,15,18-19H,13-14,16-17H2,1-2H3,(H,30,36)(H,31,32,33,34). The van der Waals surface area contributed by atoms with Gasteiger partial charge >= 0.3 is 0 Å². The van der Waals surface area contributed by atoms with E-state index in [1.807, 2.05) is 30.3 Å². The lowest BCUT2D eigenvalue weighted by Gasteiger charge is -2.37. The first-order valence-corrected chi connectivity index (χ1v) is 12.2. The number of anilines is 2. The van der Waals surface area contributed by atoms with Gasteiger partial charge in [-0.1, -0.05) is 56.3 Å². The number of nitrogens with zero attached hydrogens (tertiary/aromatic N) is 4. The molecule has 5 rings (SSSR count). The molecule has 0 bridgehead atoms. The third-order valence-electron chi connectivity index (χ3n) is 6.58. The summed E-state index contributed by atoms with van der Waals surface area (Å²) in [6.07, 6.45) is 1.36. The van der Waals surface area contributed by atoms with Crippen LogP contribution >= 0.6 is 0 Å². The molecule has 2 atom stereocenters. The molecule has 184 valence electrons. The van der Waals surface area contributed by atoms with E-state index >= 15 is 0 Å². The fourth-order valence-electron chi connectivity index (χ4n) is 5.13. The molecule has 36 heavy (non-hydrogen) atoms. The summed E-state index contributed by atoms with van der Waals surface area (Å²) in [4.78, 5) is 15.4. The van der Waals surface area contributed by atoms with Gasteiger partial charge < -0.3 is 10.2 Å². The summed E-state index contributed by atoms with van der Waals surface area (Å²) < 4.78 is 13.3. The molecule has 7 nitrogen and oxygen atoms in total. The predicted molar refractivity (Wildman–Crippen MR) is 139 cm³/mol. The molecule has 8 heteroatoms. The lowest BCUT2D eigenvalue weighted by Crippen LogP contribution is -2.39. The highest BCUT2D eigenvalue weighted by atomic mass is 19.1. The number of nitrogens with one attached hydrogen (secondary N) is 2. The number of carbonyl (C=O) groups excluding carboxylic acids is 1. The van der Waals surface area contributed by atoms with Gasteiger partial charge in [0.25, 0.3) is 0 Å². The molecule has 1 fully saturated rings. The van der Waals surface area contributed by atoms with E-state index in [0.717, 1.165) is 46.7 Å². The average Bonchev–Trinajstić information content (AvgIpc) is 3.40. The topological polar surface area (TPSA) is 86.8 Å². The molecule has 1 aliphatic heterocycles. The highest BCUT2D eigenvalue weighted by Crippen LogP contribution is 2.37. The molecule has 2 N–H and O–H groups in total. The minimum atomic E-state index is -0.317. The number of aromatic amines is 1. The number of halogens is 1. The summed E-state index contributed by atoms with van der Waals surface area (Å²) in [6.45, 7) is 6.41. The fraction of sp³-hybridized carbons (Fsp3) is 0.286. The molecule has 4 aromatic rings. The van der Waals surface area contributed by atoms with Gasteiger partial charge in [0.2, 0.25) is 11.7 Å². The van der Waals surface area contributed by atoms with Gasteiger partial charge in [0.1, 0.15) is 5.82 Å². The maximum absolute atomic E-state index is 13.3. The van der Waals surface area contributed by atoms with Crippen molar-refractivity contribution in [3.8, 4) is 22.5 Å². The van der Waals surface area contributed by atoms with Gasteiger partial charge in [0.05, 0.1) is 17.8 Å². The highest BCUT2D eigenvalue weighted by molar-refractivity contribution is 5.97. The van der Waals surface area contributed by atoms with Crippen LogP contribution in [0, 0.1) is 17.7 Å². The number of tetrazole rings is 1. The van der Waals surface area contributed by atoms with Crippen molar-refractivity contribution in [2.24, 2.45) is 11.8 Å². The molecule has 3 aromatic carbocycles. The maximum Gasteiger partial charge on any atom is 0.228 e. The summed E-state index contributed by atoms with van der Waals surface area (Å²) in [7, 11) is 0. The van der Waals surface area contributed by atoms with E-state index in [1.54, 1.807) is 12.1 Å². The molecule has 0 aliphatic carbocycles. The van der Waals surface area contributed by atoms with Crippen LogP contribution < -0.4 is 10.2 Å². The monoisotopic (exact) mass is 484 g/mol. The molecule has 2 heterocycles. The smallest absolute Gasteiger partial charge is 0.228 e. The number of hydrogen-bond donors (Lipinski definition) is 2. The van der Waals surface area contributed by atoms with Crippen LogP contribution in [0.2, 0.25) is 0 Å². The second-order valence-corrected chi connectivity index (χ2v) is 9.72. The van der Waals surface area contributed by atoms with Crippen molar-refractivity contribution in [1.29, 1.82) is 0 Å². The lowest BCUT2D eigenvalue weighted by atomic mass is 9.91. The van der Waals surface area contributed by atoms with Crippen molar-refractivity contribution in [3.63, 3.8) is 0 Å². The third kappa shape index (κ3) is 5.27. The Morgan fingerprint density at radius 1 is 1.03 bits per heavy atom. The number of piperidine rings is 1. The van der Waals surface area contributed by atoms with E-state index in [4.69, 9.17) is 0 Å². The highest BCUT2D eigenvalue weighted by Gasteiger charge is 2.25. The minimum Gasteiger partial charge on any atom is -0.369 e. The lowest BCUT2D eigenvalue weighted by molar-refractivity contribution is -0.115. The Hall–Kier alpha value is -4.07. The number of aromatic nitrogens is 4. The Kier molecular flexibility index (Phi) is 6.75. The first-order chi connectivity index (χ1) is 17.5. The van der Waals surface area contributed by atoms with Crippen LogP contribution in [0.1, 0.15) is 25.8 Å². The number of benzene rings is 3. The zero-order valence-electron chi connectivity index (χ0n) is 20.4. The molecule has 1 aromatic heterocycles. The van der Waals surface area contributed by atoms with Gasteiger partial charge in [-0.15, -0.1) is 10.2 Å². The molecule has 0 radical (unpaired) electrons. The normalized spacial score (nSPS) is 17.7. The van der Waals surface area contributed by atoms with Crippen LogP contribution in [0.25, 0.3) is 22.5 Å². The van der Waals surface area contributed by atoms with Crippen molar-refractivity contribution in [3.05, 3.63) is 78.1 Å². The van der Waals surface area contributed by atoms with Gasteiger partial charge in [-0.2, -0.15) is 5.21 Å². The molecule has 0 spiro atoms. The fourth-order valence-corrected chi connectivity index (χ4v) is 5.13. The zero-order chi connectivity index (χ0) is 25.1. The Balaban J connectivity index is 1.51. The Bertz CT molecular complexity index is 1330. The molecule has 2 unspecified atom stereocenters. The van der Waals surface area contributed by atoms with Gasteiger partial charge in [0, 0.05) is 18.7 Å². The number of amides is 1.